The normalized spacial score (nSPS) is 18.7. The molecule has 1 aliphatic heterocycles. The second-order valence-electron chi connectivity index (χ2n) is 8.95. The van der Waals surface area contributed by atoms with E-state index in [4.69, 9.17) is 37.2 Å². The van der Waals surface area contributed by atoms with Crippen LogP contribution in [0.15, 0.2) is 17.6 Å². The van der Waals surface area contributed by atoms with Crippen LogP contribution in [0.3, 0.4) is 0 Å². The zero-order valence-corrected chi connectivity index (χ0v) is 19.3. The SMILES string of the molecule is CC(C)(C)OC(=O)NCC(=Cc1cc(Cl)cc(F)c1Cl)B1OC(C)(C)C(C)(C)O1. The van der Waals surface area contributed by atoms with Crippen molar-refractivity contribution in [2.75, 3.05) is 6.54 Å². The van der Waals surface area contributed by atoms with E-state index in [1.165, 1.54) is 6.07 Å². The minimum absolute atomic E-state index is 0.0518. The Labute approximate surface area is 182 Å². The van der Waals surface area contributed by atoms with E-state index in [0.29, 0.717) is 11.0 Å². The Kier molecular flexibility index (Phi) is 7.00. The van der Waals surface area contributed by atoms with Crippen LogP contribution in [0.2, 0.25) is 10.0 Å². The topological polar surface area (TPSA) is 56.8 Å². The van der Waals surface area contributed by atoms with Crippen LogP contribution < -0.4 is 5.32 Å². The second-order valence-corrected chi connectivity index (χ2v) is 9.77. The number of rotatable bonds is 4. The molecule has 1 aliphatic rings. The van der Waals surface area contributed by atoms with Gasteiger partial charge in [-0.15, -0.1) is 0 Å². The van der Waals surface area contributed by atoms with Gasteiger partial charge in [0.25, 0.3) is 0 Å². The highest BCUT2D eigenvalue weighted by Crippen LogP contribution is 2.39. The number of alkyl carbamates (subject to hydrolysis) is 1. The molecule has 0 saturated carbocycles. The van der Waals surface area contributed by atoms with Crippen molar-refractivity contribution in [3.8, 4) is 0 Å². The molecular weight excluding hydrogens is 419 g/mol. The fourth-order valence-corrected chi connectivity index (χ4v) is 2.94. The van der Waals surface area contributed by atoms with Gasteiger partial charge in [-0.25, -0.2) is 9.18 Å². The number of hydrogen-bond acceptors (Lipinski definition) is 4. The standard InChI is InChI=1S/C20H27BCl2FNO4/c1-18(2,3)27-17(26)25-11-13(21-28-19(4,5)20(6,7)29-21)8-12-9-14(22)10-15(24)16(12)23/h8-10H,11H2,1-7H3,(H,25,26). The average Bonchev–Trinajstić information content (AvgIpc) is 2.74. The maximum atomic E-state index is 14.0. The maximum absolute atomic E-state index is 14.0. The van der Waals surface area contributed by atoms with Crippen molar-refractivity contribution in [3.63, 3.8) is 0 Å². The maximum Gasteiger partial charge on any atom is 0.492 e. The number of carbonyl (C=O) groups excluding carboxylic acids is 1. The molecule has 0 radical (unpaired) electrons. The molecule has 0 spiro atoms. The highest BCUT2D eigenvalue weighted by atomic mass is 35.5. The molecule has 9 heteroatoms. The van der Waals surface area contributed by atoms with Crippen molar-refractivity contribution < 1.29 is 23.2 Å². The number of ether oxygens (including phenoxy) is 1. The van der Waals surface area contributed by atoms with Gasteiger partial charge in [0, 0.05) is 11.6 Å². The summed E-state index contributed by atoms with van der Waals surface area (Å²) in [6.07, 6.45) is 1.01. The van der Waals surface area contributed by atoms with Crippen molar-refractivity contribution in [1.82, 2.24) is 5.32 Å². The number of benzene rings is 1. The summed E-state index contributed by atoms with van der Waals surface area (Å²) in [6, 6.07) is 2.67. The first-order chi connectivity index (χ1) is 13.1. The lowest BCUT2D eigenvalue weighted by atomic mass is 9.77. The fraction of sp³-hybridized carbons (Fsp3) is 0.550. The van der Waals surface area contributed by atoms with E-state index in [1.54, 1.807) is 26.8 Å². The van der Waals surface area contributed by atoms with Gasteiger partial charge in [-0.05, 0) is 71.6 Å². The molecular formula is C20H27BCl2FNO4. The molecule has 1 heterocycles. The first-order valence-electron chi connectivity index (χ1n) is 9.29. The Hall–Kier alpha value is -1.28. The van der Waals surface area contributed by atoms with Gasteiger partial charge in [0.2, 0.25) is 0 Å². The van der Waals surface area contributed by atoms with Crippen molar-refractivity contribution in [1.29, 1.82) is 0 Å². The van der Waals surface area contributed by atoms with Gasteiger partial charge in [0.1, 0.15) is 11.4 Å². The first kappa shape index (κ1) is 24.0. The van der Waals surface area contributed by atoms with E-state index in [1.807, 2.05) is 27.7 Å². The number of nitrogens with one attached hydrogen (secondary N) is 1. The molecule has 1 N–H and O–H groups in total. The molecule has 5 nitrogen and oxygen atoms in total. The predicted molar refractivity (Wildman–Crippen MR) is 115 cm³/mol. The summed E-state index contributed by atoms with van der Waals surface area (Å²) >= 11 is 12.1. The summed E-state index contributed by atoms with van der Waals surface area (Å²) in [5.74, 6) is -0.640. The van der Waals surface area contributed by atoms with Crippen LogP contribution in [0.1, 0.15) is 54.0 Å². The van der Waals surface area contributed by atoms with Crippen molar-refractivity contribution in [2.24, 2.45) is 0 Å². The van der Waals surface area contributed by atoms with E-state index < -0.39 is 35.8 Å². The summed E-state index contributed by atoms with van der Waals surface area (Å²) < 4.78 is 31.5. The Morgan fingerprint density at radius 2 is 1.76 bits per heavy atom. The van der Waals surface area contributed by atoms with E-state index in [9.17, 15) is 9.18 Å². The molecule has 1 amide bonds. The lowest BCUT2D eigenvalue weighted by molar-refractivity contribution is 0.00578. The highest BCUT2D eigenvalue weighted by molar-refractivity contribution is 6.56. The zero-order valence-electron chi connectivity index (χ0n) is 17.8. The number of carbonyl (C=O) groups is 1. The third-order valence-corrected chi connectivity index (χ3v) is 5.37. The van der Waals surface area contributed by atoms with Gasteiger partial charge in [-0.1, -0.05) is 29.3 Å². The molecule has 0 atom stereocenters. The second kappa shape index (κ2) is 8.46. The minimum atomic E-state index is -0.770. The summed E-state index contributed by atoms with van der Waals surface area (Å²) in [4.78, 5) is 12.1. The van der Waals surface area contributed by atoms with Gasteiger partial charge in [0.05, 0.1) is 16.2 Å². The van der Waals surface area contributed by atoms with Crippen LogP contribution in [-0.4, -0.2) is 36.6 Å². The van der Waals surface area contributed by atoms with Crippen molar-refractivity contribution >= 4 is 42.5 Å². The molecule has 29 heavy (non-hydrogen) atoms. The molecule has 160 valence electrons. The smallest absolute Gasteiger partial charge is 0.444 e. The van der Waals surface area contributed by atoms with Gasteiger partial charge in [0.15, 0.2) is 0 Å². The molecule has 0 bridgehead atoms. The van der Waals surface area contributed by atoms with E-state index in [2.05, 4.69) is 5.32 Å². The van der Waals surface area contributed by atoms with Crippen LogP contribution in [0.25, 0.3) is 6.08 Å². The number of amides is 1. The molecule has 0 unspecified atom stereocenters. The molecule has 0 aromatic heterocycles. The number of halogens is 3. The van der Waals surface area contributed by atoms with E-state index >= 15 is 0 Å². The monoisotopic (exact) mass is 445 g/mol. The van der Waals surface area contributed by atoms with Crippen LogP contribution >= 0.6 is 23.2 Å². The summed E-state index contributed by atoms with van der Waals surface area (Å²) in [5, 5.41) is 2.80. The molecule has 1 saturated heterocycles. The molecule has 0 aliphatic carbocycles. The highest BCUT2D eigenvalue weighted by Gasteiger charge is 2.52. The van der Waals surface area contributed by atoms with Crippen LogP contribution in [0.5, 0.6) is 0 Å². The van der Waals surface area contributed by atoms with Gasteiger partial charge < -0.3 is 19.4 Å². The first-order valence-corrected chi connectivity index (χ1v) is 10.0. The Bertz CT molecular complexity index is 805. The lowest BCUT2D eigenvalue weighted by Gasteiger charge is -2.32. The molecule has 1 aromatic carbocycles. The summed E-state index contributed by atoms with van der Waals surface area (Å²) in [6.45, 7) is 13.0. The van der Waals surface area contributed by atoms with Gasteiger partial charge in [-0.2, -0.15) is 0 Å². The lowest BCUT2D eigenvalue weighted by Crippen LogP contribution is -2.41. The quantitative estimate of drug-likeness (QED) is 0.479. The summed E-state index contributed by atoms with van der Waals surface area (Å²) in [7, 11) is -0.770. The van der Waals surface area contributed by atoms with E-state index in [-0.39, 0.29) is 16.6 Å². The number of hydrogen-bond donors (Lipinski definition) is 1. The predicted octanol–water partition coefficient (Wildman–Crippen LogP) is 5.67. The summed E-state index contributed by atoms with van der Waals surface area (Å²) in [5.41, 5.74) is -0.930. The molecule has 1 aromatic rings. The van der Waals surface area contributed by atoms with Crippen LogP contribution in [-0.2, 0) is 14.0 Å². The van der Waals surface area contributed by atoms with E-state index in [0.717, 1.165) is 6.07 Å². The van der Waals surface area contributed by atoms with Crippen molar-refractivity contribution in [3.05, 3.63) is 39.0 Å². The van der Waals surface area contributed by atoms with Crippen LogP contribution in [0, 0.1) is 5.82 Å². The van der Waals surface area contributed by atoms with Gasteiger partial charge in [-0.3, -0.25) is 0 Å². The Balaban J connectivity index is 2.35. The average molecular weight is 446 g/mol. The Morgan fingerprint density at radius 1 is 1.21 bits per heavy atom. The third kappa shape index (κ3) is 6.11. The van der Waals surface area contributed by atoms with Crippen molar-refractivity contribution in [2.45, 2.75) is 65.3 Å². The fourth-order valence-electron chi connectivity index (χ4n) is 2.57. The third-order valence-electron chi connectivity index (χ3n) is 4.75. The molecule has 1 fully saturated rings. The molecule has 2 rings (SSSR count). The van der Waals surface area contributed by atoms with Gasteiger partial charge >= 0.3 is 13.2 Å². The van der Waals surface area contributed by atoms with Crippen LogP contribution in [0.4, 0.5) is 9.18 Å². The zero-order chi connectivity index (χ0) is 22.2. The largest absolute Gasteiger partial charge is 0.492 e. The Morgan fingerprint density at radius 3 is 2.28 bits per heavy atom. The minimum Gasteiger partial charge on any atom is -0.444 e.